The number of fused-ring (bicyclic) bond motifs is 2. The molecular weight excluding hydrogens is 533 g/mol. The minimum Gasteiger partial charge on any atom is -0.494 e. The van der Waals surface area contributed by atoms with E-state index >= 15 is 0 Å². The van der Waals surface area contributed by atoms with E-state index in [4.69, 9.17) is 9.47 Å². The van der Waals surface area contributed by atoms with E-state index in [1.165, 1.54) is 0 Å². The summed E-state index contributed by atoms with van der Waals surface area (Å²) in [4.78, 5) is 28.5. The number of nitrogens with zero attached hydrogens (tertiary/aromatic N) is 3. The molecule has 8 heteroatoms. The van der Waals surface area contributed by atoms with Gasteiger partial charge in [-0.1, -0.05) is 0 Å². The third-order valence-electron chi connectivity index (χ3n) is 6.18. The molecule has 2 heterocycles. The predicted molar refractivity (Wildman–Crippen MR) is 132 cm³/mol. The van der Waals surface area contributed by atoms with Crippen LogP contribution in [0.25, 0.3) is 5.69 Å². The highest BCUT2D eigenvalue weighted by Gasteiger charge is 2.56. The highest BCUT2D eigenvalue weighted by molar-refractivity contribution is 14.1. The van der Waals surface area contributed by atoms with Gasteiger partial charge in [-0.3, -0.25) is 4.79 Å². The smallest absolute Gasteiger partial charge is 0.359 e. The molecule has 0 atom stereocenters. The molecule has 0 saturated heterocycles. The second-order valence-corrected chi connectivity index (χ2v) is 9.53. The standard InChI is InChI=1S/C25H24IN3O4/c1-3-32-19-11-9-18(10-12-19)29-22-20(21(27-29)24(31)33-4-2)25(13-14-25)15-28(23(22)30)17-7-5-16(26)6-8-17/h5-12H,3-4,13-15H2,1-2H3. The minimum atomic E-state index is -0.486. The van der Waals surface area contributed by atoms with Gasteiger partial charge < -0.3 is 14.4 Å². The lowest BCUT2D eigenvalue weighted by Gasteiger charge is -2.33. The van der Waals surface area contributed by atoms with Gasteiger partial charge in [-0.15, -0.1) is 0 Å². The van der Waals surface area contributed by atoms with Crippen LogP contribution < -0.4 is 9.64 Å². The summed E-state index contributed by atoms with van der Waals surface area (Å²) in [5.74, 6) is 0.0827. The minimum absolute atomic E-state index is 0.166. The van der Waals surface area contributed by atoms with Crippen molar-refractivity contribution in [1.29, 1.82) is 0 Å². The number of amides is 1. The lowest BCUT2D eigenvalue weighted by atomic mass is 9.88. The first kappa shape index (κ1) is 21.9. The molecule has 3 aromatic rings. The molecule has 2 aliphatic rings. The number of carbonyl (C=O) groups is 2. The molecule has 1 fully saturated rings. The number of carbonyl (C=O) groups excluding carboxylic acids is 2. The fourth-order valence-corrected chi connectivity index (χ4v) is 4.83. The van der Waals surface area contributed by atoms with Crippen molar-refractivity contribution >= 4 is 40.2 Å². The molecule has 1 saturated carbocycles. The Labute approximate surface area is 205 Å². The maximum Gasteiger partial charge on any atom is 0.359 e. The first-order chi connectivity index (χ1) is 16.0. The van der Waals surface area contributed by atoms with E-state index in [1.807, 2.05) is 60.4 Å². The van der Waals surface area contributed by atoms with Gasteiger partial charge in [-0.2, -0.15) is 5.10 Å². The van der Waals surface area contributed by atoms with Crippen molar-refractivity contribution < 1.29 is 19.1 Å². The predicted octanol–water partition coefficient (Wildman–Crippen LogP) is 4.74. The third-order valence-corrected chi connectivity index (χ3v) is 6.90. The lowest BCUT2D eigenvalue weighted by Crippen LogP contribution is -2.44. The second kappa shape index (κ2) is 8.48. The number of anilines is 1. The molecule has 0 radical (unpaired) electrons. The molecule has 1 amide bonds. The van der Waals surface area contributed by atoms with Gasteiger partial charge in [0.1, 0.15) is 11.4 Å². The van der Waals surface area contributed by atoms with Crippen molar-refractivity contribution in [2.45, 2.75) is 32.1 Å². The second-order valence-electron chi connectivity index (χ2n) is 8.28. The molecule has 7 nitrogen and oxygen atoms in total. The monoisotopic (exact) mass is 557 g/mol. The van der Waals surface area contributed by atoms with Gasteiger partial charge in [-0.25, -0.2) is 9.48 Å². The summed E-state index contributed by atoms with van der Waals surface area (Å²) in [6.07, 6.45) is 1.80. The van der Waals surface area contributed by atoms with Crippen LogP contribution in [0.15, 0.2) is 48.5 Å². The Hall–Kier alpha value is -2.88. The third kappa shape index (κ3) is 3.80. The number of hydrogen-bond donors (Lipinski definition) is 0. The zero-order valence-corrected chi connectivity index (χ0v) is 20.7. The van der Waals surface area contributed by atoms with E-state index in [0.717, 1.165) is 33.4 Å². The van der Waals surface area contributed by atoms with Crippen LogP contribution >= 0.6 is 22.6 Å². The van der Waals surface area contributed by atoms with Gasteiger partial charge in [0.25, 0.3) is 5.91 Å². The summed E-state index contributed by atoms with van der Waals surface area (Å²) >= 11 is 2.25. The fraction of sp³-hybridized carbons (Fsp3) is 0.320. The summed E-state index contributed by atoms with van der Waals surface area (Å²) in [6.45, 7) is 5.04. The topological polar surface area (TPSA) is 73.7 Å². The maximum atomic E-state index is 13.9. The molecule has 170 valence electrons. The van der Waals surface area contributed by atoms with E-state index in [-0.39, 0.29) is 23.6 Å². The zero-order valence-electron chi connectivity index (χ0n) is 18.5. The number of ether oxygens (including phenoxy) is 2. The van der Waals surface area contributed by atoms with E-state index in [0.29, 0.717) is 24.5 Å². The van der Waals surface area contributed by atoms with Crippen molar-refractivity contribution in [3.8, 4) is 11.4 Å². The van der Waals surface area contributed by atoms with E-state index < -0.39 is 5.97 Å². The van der Waals surface area contributed by atoms with Crippen LogP contribution in [0, 0.1) is 3.57 Å². The number of hydrogen-bond acceptors (Lipinski definition) is 5. The van der Waals surface area contributed by atoms with Crippen LogP contribution in [-0.4, -0.2) is 41.4 Å². The fourth-order valence-electron chi connectivity index (χ4n) is 4.47. The Morgan fingerprint density at radius 3 is 2.30 bits per heavy atom. The van der Waals surface area contributed by atoms with E-state index in [1.54, 1.807) is 11.6 Å². The normalized spacial score (nSPS) is 16.0. The van der Waals surface area contributed by atoms with Crippen LogP contribution in [0.5, 0.6) is 5.75 Å². The average Bonchev–Trinajstić information content (AvgIpc) is 3.46. The van der Waals surface area contributed by atoms with Gasteiger partial charge >= 0.3 is 5.97 Å². The number of esters is 1. The van der Waals surface area contributed by atoms with Crippen LogP contribution in [-0.2, 0) is 10.2 Å². The summed E-state index contributed by atoms with van der Waals surface area (Å²) in [6, 6.07) is 15.3. The molecule has 1 aromatic heterocycles. The molecule has 0 N–H and O–H groups in total. The van der Waals surface area contributed by atoms with Crippen molar-refractivity contribution in [3.63, 3.8) is 0 Å². The zero-order chi connectivity index (χ0) is 23.2. The Balaban J connectivity index is 1.67. The quantitative estimate of drug-likeness (QED) is 0.324. The molecule has 2 aromatic carbocycles. The number of halogens is 1. The van der Waals surface area contributed by atoms with Crippen molar-refractivity contribution in [1.82, 2.24) is 9.78 Å². The Morgan fingerprint density at radius 2 is 1.70 bits per heavy atom. The SMILES string of the molecule is CCOC(=O)c1nn(-c2ccc(OCC)cc2)c2c1C1(CC1)CN(c1ccc(I)cc1)C2=O. The highest BCUT2D eigenvalue weighted by Crippen LogP contribution is 2.54. The Bertz CT molecular complexity index is 1210. The van der Waals surface area contributed by atoms with Gasteiger partial charge in [0, 0.05) is 26.8 Å². The molecule has 1 spiro atoms. The Morgan fingerprint density at radius 1 is 1.03 bits per heavy atom. The van der Waals surface area contributed by atoms with E-state index in [9.17, 15) is 9.59 Å². The number of benzene rings is 2. The molecule has 0 unspecified atom stereocenters. The van der Waals surface area contributed by atoms with Crippen molar-refractivity contribution in [2.24, 2.45) is 0 Å². The molecule has 1 aliphatic carbocycles. The summed E-state index contributed by atoms with van der Waals surface area (Å²) < 4.78 is 13.6. The van der Waals surface area contributed by atoms with Gasteiger partial charge in [-0.05, 0) is 97.8 Å². The van der Waals surface area contributed by atoms with Gasteiger partial charge in [0.15, 0.2) is 5.69 Å². The highest BCUT2D eigenvalue weighted by atomic mass is 127. The summed E-state index contributed by atoms with van der Waals surface area (Å²) in [5, 5.41) is 4.64. The molecular formula is C25H24IN3O4. The Kier molecular flexibility index (Phi) is 5.64. The maximum absolute atomic E-state index is 13.9. The first-order valence-corrected chi connectivity index (χ1v) is 12.2. The largest absolute Gasteiger partial charge is 0.494 e. The number of rotatable bonds is 6. The molecule has 33 heavy (non-hydrogen) atoms. The molecule has 1 aliphatic heterocycles. The average molecular weight is 557 g/mol. The summed E-state index contributed by atoms with van der Waals surface area (Å²) in [7, 11) is 0. The molecule has 5 rings (SSSR count). The number of aromatic nitrogens is 2. The van der Waals surface area contributed by atoms with Crippen molar-refractivity contribution in [3.05, 3.63) is 69.1 Å². The molecule has 0 bridgehead atoms. The van der Waals surface area contributed by atoms with E-state index in [2.05, 4.69) is 27.7 Å². The van der Waals surface area contributed by atoms with Crippen LogP contribution in [0.4, 0.5) is 5.69 Å². The van der Waals surface area contributed by atoms with Crippen LogP contribution in [0.2, 0.25) is 0 Å². The van der Waals surface area contributed by atoms with Crippen molar-refractivity contribution in [2.75, 3.05) is 24.7 Å². The van der Waals surface area contributed by atoms with Gasteiger partial charge in [0.2, 0.25) is 0 Å². The van der Waals surface area contributed by atoms with Crippen LogP contribution in [0.1, 0.15) is 53.2 Å². The lowest BCUT2D eigenvalue weighted by molar-refractivity contribution is 0.0516. The van der Waals surface area contributed by atoms with Crippen LogP contribution in [0.3, 0.4) is 0 Å². The first-order valence-electron chi connectivity index (χ1n) is 11.1. The van der Waals surface area contributed by atoms with Gasteiger partial charge in [0.05, 0.1) is 18.9 Å². The summed E-state index contributed by atoms with van der Waals surface area (Å²) in [5.41, 5.74) is 2.66.